The SMILES string of the molecule is Cc1ccc(S(=O)(=O)N2CCCCC2C(=O)OCC(=O)N2CCCc3ccccc32)cc1. The molecule has 1 amide bonds. The van der Waals surface area contributed by atoms with Crippen molar-refractivity contribution in [2.75, 3.05) is 24.6 Å². The second-order valence-electron chi connectivity index (χ2n) is 8.33. The summed E-state index contributed by atoms with van der Waals surface area (Å²) in [6.45, 7) is 2.31. The third-order valence-corrected chi connectivity index (χ3v) is 8.02. The lowest BCUT2D eigenvalue weighted by atomic mass is 10.0. The van der Waals surface area contributed by atoms with Crippen LogP contribution in [-0.4, -0.2) is 50.3 Å². The van der Waals surface area contributed by atoms with Gasteiger partial charge in [-0.25, -0.2) is 8.42 Å². The van der Waals surface area contributed by atoms with Crippen LogP contribution >= 0.6 is 0 Å². The summed E-state index contributed by atoms with van der Waals surface area (Å²) in [7, 11) is -3.83. The number of hydrogen-bond donors (Lipinski definition) is 0. The van der Waals surface area contributed by atoms with E-state index in [1.165, 1.54) is 4.31 Å². The zero-order valence-electron chi connectivity index (χ0n) is 18.2. The number of benzene rings is 2. The second kappa shape index (κ2) is 9.42. The number of aryl methyl sites for hydroxylation is 2. The molecule has 2 aliphatic heterocycles. The Kier molecular flexibility index (Phi) is 6.62. The third-order valence-electron chi connectivity index (χ3n) is 6.10. The van der Waals surface area contributed by atoms with Crippen molar-refractivity contribution in [3.63, 3.8) is 0 Å². The van der Waals surface area contributed by atoms with Gasteiger partial charge in [-0.15, -0.1) is 0 Å². The number of piperidine rings is 1. The lowest BCUT2D eigenvalue weighted by molar-refractivity contribution is -0.152. The number of nitrogens with zero attached hydrogens (tertiary/aromatic N) is 2. The molecule has 1 atom stereocenters. The lowest BCUT2D eigenvalue weighted by Crippen LogP contribution is -2.49. The number of amides is 1. The summed E-state index contributed by atoms with van der Waals surface area (Å²) in [5.74, 6) is -0.965. The minimum atomic E-state index is -3.83. The predicted molar refractivity (Wildman–Crippen MR) is 121 cm³/mol. The summed E-state index contributed by atoms with van der Waals surface area (Å²) in [4.78, 5) is 27.5. The zero-order chi connectivity index (χ0) is 22.7. The molecule has 1 fully saturated rings. The minimum Gasteiger partial charge on any atom is -0.454 e. The van der Waals surface area contributed by atoms with Crippen LogP contribution in [0.4, 0.5) is 5.69 Å². The Bertz CT molecular complexity index is 1100. The fraction of sp³-hybridized carbons (Fsp3) is 0.417. The molecule has 2 aliphatic rings. The first-order valence-electron chi connectivity index (χ1n) is 11.0. The van der Waals surface area contributed by atoms with Gasteiger partial charge in [-0.3, -0.25) is 9.59 Å². The molecule has 0 aliphatic carbocycles. The Morgan fingerprint density at radius 1 is 1.00 bits per heavy atom. The van der Waals surface area contributed by atoms with Crippen LogP contribution in [0.15, 0.2) is 53.4 Å². The summed E-state index contributed by atoms with van der Waals surface area (Å²) < 4.78 is 32.9. The van der Waals surface area contributed by atoms with Crippen molar-refractivity contribution in [2.24, 2.45) is 0 Å². The third kappa shape index (κ3) is 4.56. The maximum absolute atomic E-state index is 13.2. The fourth-order valence-corrected chi connectivity index (χ4v) is 6.02. The van der Waals surface area contributed by atoms with E-state index in [-0.39, 0.29) is 17.3 Å². The van der Waals surface area contributed by atoms with E-state index in [0.717, 1.165) is 36.1 Å². The summed E-state index contributed by atoms with van der Waals surface area (Å²) in [5.41, 5.74) is 2.90. The van der Waals surface area contributed by atoms with Crippen LogP contribution in [0.5, 0.6) is 0 Å². The van der Waals surface area contributed by atoms with E-state index in [9.17, 15) is 18.0 Å². The van der Waals surface area contributed by atoms with Crippen LogP contribution in [-0.2, 0) is 30.8 Å². The first-order chi connectivity index (χ1) is 15.4. The van der Waals surface area contributed by atoms with Gasteiger partial charge < -0.3 is 9.64 Å². The van der Waals surface area contributed by atoms with Gasteiger partial charge in [-0.2, -0.15) is 4.31 Å². The lowest BCUT2D eigenvalue weighted by Gasteiger charge is -2.33. The number of hydrogen-bond acceptors (Lipinski definition) is 5. The van der Waals surface area contributed by atoms with E-state index in [1.807, 2.05) is 31.2 Å². The molecule has 1 unspecified atom stereocenters. The zero-order valence-corrected chi connectivity index (χ0v) is 19.0. The van der Waals surface area contributed by atoms with Crippen LogP contribution < -0.4 is 4.90 Å². The Morgan fingerprint density at radius 3 is 2.53 bits per heavy atom. The van der Waals surface area contributed by atoms with Crippen LogP contribution in [0.1, 0.15) is 36.8 Å². The average molecular weight is 457 g/mol. The van der Waals surface area contributed by atoms with Crippen molar-refractivity contribution in [1.29, 1.82) is 0 Å². The molecule has 8 heteroatoms. The number of fused-ring (bicyclic) bond motifs is 1. The average Bonchev–Trinajstić information content (AvgIpc) is 2.82. The summed E-state index contributed by atoms with van der Waals surface area (Å²) in [6.07, 6.45) is 3.55. The van der Waals surface area contributed by atoms with E-state index >= 15 is 0 Å². The highest BCUT2D eigenvalue weighted by Crippen LogP contribution is 2.28. The molecule has 2 aromatic rings. The smallest absolute Gasteiger partial charge is 0.324 e. The molecule has 7 nitrogen and oxygen atoms in total. The van der Waals surface area contributed by atoms with E-state index in [1.54, 1.807) is 29.2 Å². The summed E-state index contributed by atoms with van der Waals surface area (Å²) in [5, 5.41) is 0. The van der Waals surface area contributed by atoms with Gasteiger partial charge in [0.25, 0.3) is 5.91 Å². The molecular formula is C24H28N2O5S. The van der Waals surface area contributed by atoms with Crippen molar-refractivity contribution in [2.45, 2.75) is 50.0 Å². The van der Waals surface area contributed by atoms with E-state index in [0.29, 0.717) is 19.4 Å². The maximum atomic E-state index is 13.2. The van der Waals surface area contributed by atoms with Crippen molar-refractivity contribution >= 4 is 27.6 Å². The number of para-hydroxylation sites is 1. The van der Waals surface area contributed by atoms with Crippen LogP contribution in [0.25, 0.3) is 0 Å². The van der Waals surface area contributed by atoms with Crippen molar-refractivity contribution in [3.05, 3.63) is 59.7 Å². The Balaban J connectivity index is 1.45. The number of rotatable bonds is 5. The van der Waals surface area contributed by atoms with Gasteiger partial charge in [0.2, 0.25) is 10.0 Å². The molecule has 0 saturated carbocycles. The minimum absolute atomic E-state index is 0.156. The van der Waals surface area contributed by atoms with E-state index in [4.69, 9.17) is 4.74 Å². The highest BCUT2D eigenvalue weighted by Gasteiger charge is 2.39. The molecule has 0 spiro atoms. The van der Waals surface area contributed by atoms with Gasteiger partial charge in [0.05, 0.1) is 4.90 Å². The van der Waals surface area contributed by atoms with Crippen molar-refractivity contribution in [3.8, 4) is 0 Å². The maximum Gasteiger partial charge on any atom is 0.324 e. The predicted octanol–water partition coefficient (Wildman–Crippen LogP) is 3.06. The van der Waals surface area contributed by atoms with Crippen LogP contribution in [0.2, 0.25) is 0 Å². The molecule has 32 heavy (non-hydrogen) atoms. The number of esters is 1. The molecule has 0 aromatic heterocycles. The standard InChI is InChI=1S/C24H28N2O5S/c1-18-11-13-20(14-12-18)32(29,30)26-16-5-4-10-22(26)24(28)31-17-23(27)25-15-6-8-19-7-2-3-9-21(19)25/h2-3,7,9,11-14,22H,4-6,8,10,15-17H2,1H3. The molecule has 0 bridgehead atoms. The number of carbonyl (C=O) groups is 2. The quantitative estimate of drug-likeness (QED) is 0.646. The normalized spacial score (nSPS) is 19.3. The largest absolute Gasteiger partial charge is 0.454 e. The molecular weight excluding hydrogens is 428 g/mol. The first-order valence-corrected chi connectivity index (χ1v) is 12.5. The number of sulfonamides is 1. The first kappa shape index (κ1) is 22.5. The molecule has 2 heterocycles. The number of anilines is 1. The molecule has 170 valence electrons. The fourth-order valence-electron chi connectivity index (χ4n) is 4.37. The number of carbonyl (C=O) groups excluding carboxylic acids is 2. The van der Waals surface area contributed by atoms with Crippen molar-refractivity contribution in [1.82, 2.24) is 4.31 Å². The van der Waals surface area contributed by atoms with Crippen LogP contribution in [0, 0.1) is 6.92 Å². The topological polar surface area (TPSA) is 84.0 Å². The Morgan fingerprint density at radius 2 is 1.75 bits per heavy atom. The number of ether oxygens (including phenoxy) is 1. The van der Waals surface area contributed by atoms with Gasteiger partial charge >= 0.3 is 5.97 Å². The van der Waals surface area contributed by atoms with Crippen LogP contribution in [0.3, 0.4) is 0 Å². The highest BCUT2D eigenvalue weighted by molar-refractivity contribution is 7.89. The van der Waals surface area contributed by atoms with Gasteiger partial charge in [-0.1, -0.05) is 35.9 Å². The Hall–Kier alpha value is -2.71. The molecule has 2 aromatic carbocycles. The highest BCUT2D eigenvalue weighted by atomic mass is 32.2. The van der Waals surface area contributed by atoms with E-state index in [2.05, 4.69) is 0 Å². The van der Waals surface area contributed by atoms with E-state index < -0.39 is 28.6 Å². The van der Waals surface area contributed by atoms with Crippen molar-refractivity contribution < 1.29 is 22.7 Å². The van der Waals surface area contributed by atoms with Gasteiger partial charge in [-0.05, 0) is 62.8 Å². The summed E-state index contributed by atoms with van der Waals surface area (Å²) in [6, 6.07) is 13.4. The summed E-state index contributed by atoms with van der Waals surface area (Å²) >= 11 is 0. The molecule has 1 saturated heterocycles. The molecule has 0 N–H and O–H groups in total. The molecule has 0 radical (unpaired) electrons. The van der Waals surface area contributed by atoms with Gasteiger partial charge in [0.15, 0.2) is 6.61 Å². The Labute approximate surface area is 189 Å². The van der Waals surface area contributed by atoms with Gasteiger partial charge in [0, 0.05) is 18.8 Å². The molecule has 4 rings (SSSR count). The van der Waals surface area contributed by atoms with Gasteiger partial charge in [0.1, 0.15) is 6.04 Å². The second-order valence-corrected chi connectivity index (χ2v) is 10.2. The monoisotopic (exact) mass is 456 g/mol.